The predicted octanol–water partition coefficient (Wildman–Crippen LogP) is 2.50. The van der Waals surface area contributed by atoms with Crippen molar-refractivity contribution < 1.29 is 14.8 Å². The lowest BCUT2D eigenvalue weighted by atomic mass is 10.1. The Morgan fingerprint density at radius 1 is 1.23 bits per heavy atom. The highest BCUT2D eigenvalue weighted by molar-refractivity contribution is 6.09. The molecular formula is C21H26N3O2+. The number of hydrogen-bond acceptors (Lipinski definition) is 2. The Morgan fingerprint density at radius 2 is 2.08 bits per heavy atom. The van der Waals surface area contributed by atoms with E-state index in [-0.39, 0.29) is 5.91 Å². The minimum Gasteiger partial charge on any atom is -0.372 e. The van der Waals surface area contributed by atoms with E-state index in [2.05, 4.69) is 53.2 Å². The van der Waals surface area contributed by atoms with Crippen LogP contribution in [0.25, 0.3) is 21.8 Å². The van der Waals surface area contributed by atoms with Gasteiger partial charge in [-0.25, -0.2) is 0 Å². The first-order valence-corrected chi connectivity index (χ1v) is 9.50. The van der Waals surface area contributed by atoms with Gasteiger partial charge in [-0.2, -0.15) is 0 Å². The molecule has 1 amide bonds. The van der Waals surface area contributed by atoms with E-state index in [1.807, 2.05) is 11.4 Å². The molecule has 1 fully saturated rings. The van der Waals surface area contributed by atoms with Gasteiger partial charge in [0.15, 0.2) is 6.54 Å². The van der Waals surface area contributed by atoms with E-state index in [0.717, 1.165) is 38.2 Å². The van der Waals surface area contributed by atoms with Crippen LogP contribution in [-0.2, 0) is 16.1 Å². The highest BCUT2D eigenvalue weighted by atomic mass is 16.5. The normalized spacial score (nSPS) is 17.2. The van der Waals surface area contributed by atoms with Crippen LogP contribution in [0.1, 0.15) is 19.8 Å². The van der Waals surface area contributed by atoms with Gasteiger partial charge in [0.2, 0.25) is 0 Å². The van der Waals surface area contributed by atoms with Crippen molar-refractivity contribution in [3.05, 3.63) is 42.5 Å². The molecule has 0 saturated carbocycles. The number of carbonyl (C=O) groups excluding carboxylic acids is 1. The molecule has 3 N–H and O–H groups in total. The molecule has 1 atom stereocenters. The lowest BCUT2D eigenvalue weighted by Gasteiger charge is -2.09. The molecule has 0 unspecified atom stereocenters. The van der Waals surface area contributed by atoms with Crippen molar-refractivity contribution in [3.63, 3.8) is 0 Å². The van der Waals surface area contributed by atoms with E-state index in [0.29, 0.717) is 12.6 Å². The first kappa shape index (κ1) is 17.1. The maximum Gasteiger partial charge on any atom is 0.279 e. The van der Waals surface area contributed by atoms with Crippen molar-refractivity contribution in [3.8, 4) is 0 Å². The topological polar surface area (TPSA) is 59.9 Å². The van der Waals surface area contributed by atoms with Crippen molar-refractivity contribution in [2.45, 2.75) is 32.4 Å². The number of carbonyl (C=O) groups is 1. The quantitative estimate of drug-likeness (QED) is 0.716. The Balaban J connectivity index is 1.48. The fraction of sp³-hybridized carbons (Fsp3) is 0.381. The van der Waals surface area contributed by atoms with Gasteiger partial charge < -0.3 is 19.9 Å². The zero-order valence-corrected chi connectivity index (χ0v) is 15.2. The maximum atomic E-state index is 12.3. The summed E-state index contributed by atoms with van der Waals surface area (Å²) in [6.07, 6.45) is 2.55. The molecule has 26 heavy (non-hydrogen) atoms. The summed E-state index contributed by atoms with van der Waals surface area (Å²) >= 11 is 0. The second-order valence-electron chi connectivity index (χ2n) is 6.91. The van der Waals surface area contributed by atoms with Crippen LogP contribution in [0.3, 0.4) is 0 Å². The van der Waals surface area contributed by atoms with Gasteiger partial charge in [-0.3, -0.25) is 4.79 Å². The smallest absolute Gasteiger partial charge is 0.279 e. The number of benzene rings is 2. The average molecular weight is 352 g/mol. The number of nitrogens with zero attached hydrogens (tertiary/aromatic N) is 1. The number of anilines is 1. The van der Waals surface area contributed by atoms with Gasteiger partial charge in [0, 0.05) is 40.6 Å². The zero-order valence-electron chi connectivity index (χ0n) is 15.2. The third kappa shape index (κ3) is 3.32. The molecule has 4 rings (SSSR count). The molecule has 2 aromatic carbocycles. The van der Waals surface area contributed by atoms with E-state index in [9.17, 15) is 4.79 Å². The predicted molar refractivity (Wildman–Crippen MR) is 104 cm³/mol. The van der Waals surface area contributed by atoms with Crippen LogP contribution >= 0.6 is 0 Å². The maximum absolute atomic E-state index is 12.3. The molecule has 1 aliphatic rings. The zero-order chi connectivity index (χ0) is 17.9. The number of fused-ring (bicyclic) bond motifs is 3. The van der Waals surface area contributed by atoms with Crippen LogP contribution in [0.5, 0.6) is 0 Å². The Labute approximate surface area is 153 Å². The summed E-state index contributed by atoms with van der Waals surface area (Å²) in [5, 5.41) is 7.48. The Hall–Kier alpha value is -2.37. The Kier molecular flexibility index (Phi) is 4.91. The van der Waals surface area contributed by atoms with Crippen molar-refractivity contribution in [2.24, 2.45) is 0 Å². The van der Waals surface area contributed by atoms with Gasteiger partial charge in [0.1, 0.15) is 12.6 Å². The molecule has 1 saturated heterocycles. The van der Waals surface area contributed by atoms with E-state index in [1.54, 1.807) is 0 Å². The molecule has 1 aliphatic heterocycles. The number of amides is 1. The number of aryl methyl sites for hydroxylation is 1. The number of rotatable bonds is 6. The summed E-state index contributed by atoms with van der Waals surface area (Å²) in [5.41, 5.74) is 3.29. The monoisotopic (exact) mass is 352 g/mol. The average Bonchev–Trinajstić information content (AvgIpc) is 3.27. The van der Waals surface area contributed by atoms with Crippen LogP contribution in [0.15, 0.2) is 42.5 Å². The molecule has 5 nitrogen and oxygen atoms in total. The molecule has 0 aliphatic carbocycles. The van der Waals surface area contributed by atoms with E-state index in [4.69, 9.17) is 4.74 Å². The number of para-hydroxylation sites is 1. The summed E-state index contributed by atoms with van der Waals surface area (Å²) in [4.78, 5) is 12.3. The van der Waals surface area contributed by atoms with Gasteiger partial charge in [0.25, 0.3) is 5.91 Å². The fourth-order valence-corrected chi connectivity index (χ4v) is 3.91. The molecular weight excluding hydrogens is 326 g/mol. The first-order chi connectivity index (χ1) is 12.8. The fourth-order valence-electron chi connectivity index (χ4n) is 3.91. The van der Waals surface area contributed by atoms with Crippen molar-refractivity contribution >= 4 is 33.4 Å². The van der Waals surface area contributed by atoms with Crippen molar-refractivity contribution in [2.75, 3.05) is 25.0 Å². The highest BCUT2D eigenvalue weighted by Crippen LogP contribution is 2.30. The number of nitrogens with one attached hydrogen (secondary N) is 1. The van der Waals surface area contributed by atoms with Gasteiger partial charge in [-0.15, -0.1) is 0 Å². The second-order valence-corrected chi connectivity index (χ2v) is 6.91. The lowest BCUT2D eigenvalue weighted by Crippen LogP contribution is -2.88. The largest absolute Gasteiger partial charge is 0.372 e. The number of ether oxygens (including phenoxy) is 1. The van der Waals surface area contributed by atoms with Crippen LogP contribution in [0.2, 0.25) is 0 Å². The van der Waals surface area contributed by atoms with E-state index >= 15 is 0 Å². The molecule has 2 heterocycles. The van der Waals surface area contributed by atoms with Gasteiger partial charge in [-0.05, 0) is 44.0 Å². The Morgan fingerprint density at radius 3 is 2.88 bits per heavy atom. The molecule has 3 aromatic rings. The SMILES string of the molecule is CCn1c2ccccc2c2cc(NC(=O)C[NH2+]C[C@@H]3CCCO3)ccc21. The van der Waals surface area contributed by atoms with Crippen LogP contribution in [0, 0.1) is 0 Å². The third-order valence-corrected chi connectivity index (χ3v) is 5.16. The molecule has 0 radical (unpaired) electrons. The lowest BCUT2D eigenvalue weighted by molar-refractivity contribution is -0.649. The van der Waals surface area contributed by atoms with Crippen LogP contribution in [0.4, 0.5) is 5.69 Å². The Bertz CT molecular complexity index is 926. The summed E-state index contributed by atoms with van der Waals surface area (Å²) in [5.74, 6) is 0.0292. The highest BCUT2D eigenvalue weighted by Gasteiger charge is 2.17. The first-order valence-electron chi connectivity index (χ1n) is 9.50. The van der Waals surface area contributed by atoms with Gasteiger partial charge >= 0.3 is 0 Å². The summed E-state index contributed by atoms with van der Waals surface area (Å²) in [7, 11) is 0. The van der Waals surface area contributed by atoms with E-state index in [1.165, 1.54) is 21.8 Å². The van der Waals surface area contributed by atoms with Gasteiger partial charge in [0.05, 0.1) is 0 Å². The standard InChI is InChI=1S/C21H25N3O2/c1-2-24-19-8-4-3-7-17(19)18-12-15(9-10-20(18)24)23-21(25)14-22-13-16-6-5-11-26-16/h3-4,7-10,12,16,22H,2,5-6,11,13-14H2,1H3,(H,23,25)/p+1/t16-/m0/s1. The summed E-state index contributed by atoms with van der Waals surface area (Å²) in [6.45, 7) is 5.22. The third-order valence-electron chi connectivity index (χ3n) is 5.16. The van der Waals surface area contributed by atoms with E-state index < -0.39 is 0 Å². The molecule has 1 aromatic heterocycles. The number of hydrogen-bond donors (Lipinski definition) is 2. The molecule has 136 valence electrons. The number of aromatic nitrogens is 1. The molecule has 0 spiro atoms. The van der Waals surface area contributed by atoms with Crippen LogP contribution in [-0.4, -0.2) is 36.3 Å². The molecule has 5 heteroatoms. The number of nitrogens with two attached hydrogens (primary N) is 1. The summed E-state index contributed by atoms with van der Waals surface area (Å²) in [6, 6.07) is 14.6. The van der Waals surface area contributed by atoms with Crippen molar-refractivity contribution in [1.29, 1.82) is 0 Å². The minimum atomic E-state index is 0.0292. The number of quaternary nitrogens is 1. The molecule has 0 bridgehead atoms. The summed E-state index contributed by atoms with van der Waals surface area (Å²) < 4.78 is 7.90. The van der Waals surface area contributed by atoms with Crippen LogP contribution < -0.4 is 10.6 Å². The minimum absolute atomic E-state index is 0.0292. The second kappa shape index (κ2) is 7.48. The van der Waals surface area contributed by atoms with Gasteiger partial charge in [-0.1, -0.05) is 18.2 Å². The van der Waals surface area contributed by atoms with Crippen molar-refractivity contribution in [1.82, 2.24) is 4.57 Å².